The minimum Gasteiger partial charge on any atom is -0.459 e. The van der Waals surface area contributed by atoms with E-state index in [9.17, 15) is 18.0 Å². The molecule has 2 fully saturated rings. The summed E-state index contributed by atoms with van der Waals surface area (Å²) in [4.78, 5) is 25.6. The van der Waals surface area contributed by atoms with Gasteiger partial charge < -0.3 is 14.2 Å². The zero-order valence-corrected chi connectivity index (χ0v) is 12.4. The van der Waals surface area contributed by atoms with E-state index in [1.807, 2.05) is 0 Å². The van der Waals surface area contributed by atoms with Gasteiger partial charge in [0, 0.05) is 33.0 Å². The van der Waals surface area contributed by atoms with Gasteiger partial charge in [-0.15, -0.1) is 0 Å². The van der Waals surface area contributed by atoms with Crippen LogP contribution in [0.1, 0.15) is 23.4 Å². The largest absolute Gasteiger partial charge is 0.459 e. The van der Waals surface area contributed by atoms with Crippen molar-refractivity contribution in [3.8, 4) is 0 Å². The molecule has 2 aliphatic rings. The Hall–Kier alpha value is -1.83. The highest BCUT2D eigenvalue weighted by atomic mass is 32.2. The third-order valence-electron chi connectivity index (χ3n) is 4.44. The van der Waals surface area contributed by atoms with Gasteiger partial charge in [0.25, 0.3) is 5.91 Å². The van der Waals surface area contributed by atoms with Crippen molar-refractivity contribution < 1.29 is 22.4 Å². The Bertz CT molecular complexity index is 671. The molecular weight excluding hydrogens is 296 g/mol. The number of carbonyl (C=O) groups excluding carboxylic acids is 2. The number of likely N-dealkylation sites (tertiary alicyclic amines) is 1. The van der Waals surface area contributed by atoms with Crippen molar-refractivity contribution in [2.24, 2.45) is 0 Å². The average Bonchev–Trinajstić information content (AvgIpc) is 3.03. The lowest BCUT2D eigenvalue weighted by Crippen LogP contribution is -2.55. The molecule has 0 unspecified atom stereocenters. The molecule has 114 valence electrons. The van der Waals surface area contributed by atoms with Crippen LogP contribution in [0.4, 0.5) is 0 Å². The summed E-state index contributed by atoms with van der Waals surface area (Å²) in [7, 11) is -1.97. The van der Waals surface area contributed by atoms with E-state index >= 15 is 0 Å². The van der Waals surface area contributed by atoms with Gasteiger partial charge in [-0.3, -0.25) is 9.59 Å². The Morgan fingerprint density at radius 3 is 2.48 bits per heavy atom. The summed E-state index contributed by atoms with van der Waals surface area (Å²) in [5, 5.41) is 0. The minimum atomic E-state index is -3.50. The van der Waals surface area contributed by atoms with Gasteiger partial charge in [0.2, 0.25) is 5.91 Å². The van der Waals surface area contributed by atoms with E-state index in [4.69, 9.17) is 4.42 Å². The topological polar surface area (TPSA) is 87.9 Å². The molecule has 0 saturated carbocycles. The Morgan fingerprint density at radius 1 is 1.33 bits per heavy atom. The van der Waals surface area contributed by atoms with E-state index in [0.29, 0.717) is 0 Å². The van der Waals surface area contributed by atoms with Crippen LogP contribution in [0.2, 0.25) is 0 Å². The number of furan rings is 1. The third kappa shape index (κ3) is 1.97. The fourth-order valence-corrected chi connectivity index (χ4v) is 5.20. The zero-order valence-electron chi connectivity index (χ0n) is 11.6. The molecule has 0 aromatic carbocycles. The van der Waals surface area contributed by atoms with Crippen molar-refractivity contribution in [3.63, 3.8) is 0 Å². The molecule has 0 atom stereocenters. The molecule has 3 rings (SSSR count). The summed E-state index contributed by atoms with van der Waals surface area (Å²) in [5.41, 5.74) is 0. The van der Waals surface area contributed by atoms with E-state index in [0.717, 1.165) is 0 Å². The van der Waals surface area contributed by atoms with E-state index in [-0.39, 0.29) is 43.5 Å². The highest BCUT2D eigenvalue weighted by Crippen LogP contribution is 2.38. The Kier molecular flexibility index (Phi) is 3.09. The standard InChI is InChI=1S/C13H16N2O5S/c1-14-11(16)9-21(18,19)13(14)4-6-15(7-5-13)12(17)10-3-2-8-20-10/h2-3,8H,4-7,9H2,1H3. The van der Waals surface area contributed by atoms with Gasteiger partial charge in [-0.1, -0.05) is 0 Å². The molecule has 2 amide bonds. The SMILES string of the molecule is CN1C(=O)CS(=O)(=O)C12CCN(C(=O)c1ccco1)CC2. The van der Waals surface area contributed by atoms with Crippen molar-refractivity contribution in [2.45, 2.75) is 17.7 Å². The van der Waals surface area contributed by atoms with Crippen molar-refractivity contribution in [3.05, 3.63) is 24.2 Å². The maximum atomic E-state index is 12.3. The van der Waals surface area contributed by atoms with Crippen molar-refractivity contribution >= 4 is 21.7 Å². The first-order chi connectivity index (χ1) is 9.87. The molecule has 0 radical (unpaired) electrons. The monoisotopic (exact) mass is 312 g/mol. The van der Waals surface area contributed by atoms with Crippen LogP contribution in [0.15, 0.2) is 22.8 Å². The summed E-state index contributed by atoms with van der Waals surface area (Å²) in [6.45, 7) is 0.576. The van der Waals surface area contributed by atoms with E-state index in [1.54, 1.807) is 17.0 Å². The van der Waals surface area contributed by atoms with Gasteiger partial charge in [-0.2, -0.15) is 0 Å². The smallest absolute Gasteiger partial charge is 0.289 e. The fourth-order valence-electron chi connectivity index (χ4n) is 3.09. The molecule has 1 aromatic rings. The van der Waals surface area contributed by atoms with Gasteiger partial charge in [-0.25, -0.2) is 8.42 Å². The normalized spacial score (nSPS) is 23.8. The molecule has 2 saturated heterocycles. The van der Waals surface area contributed by atoms with Gasteiger partial charge in [-0.05, 0) is 12.1 Å². The molecule has 0 aliphatic carbocycles. The first kappa shape index (κ1) is 14.1. The third-order valence-corrected chi connectivity index (χ3v) is 6.91. The van der Waals surface area contributed by atoms with Crippen LogP contribution < -0.4 is 0 Å². The van der Waals surface area contributed by atoms with Gasteiger partial charge in [0.1, 0.15) is 10.6 Å². The van der Waals surface area contributed by atoms with E-state index in [2.05, 4.69) is 0 Å². The summed E-state index contributed by atoms with van der Waals surface area (Å²) >= 11 is 0. The zero-order chi connectivity index (χ0) is 15.3. The summed E-state index contributed by atoms with van der Waals surface area (Å²) in [5.74, 6) is -0.819. The number of nitrogens with zero attached hydrogens (tertiary/aromatic N) is 2. The lowest BCUT2D eigenvalue weighted by Gasteiger charge is -2.41. The maximum Gasteiger partial charge on any atom is 0.289 e. The molecule has 1 aromatic heterocycles. The highest BCUT2D eigenvalue weighted by Gasteiger charge is 2.57. The first-order valence-electron chi connectivity index (χ1n) is 6.69. The number of rotatable bonds is 1. The number of piperidine rings is 1. The van der Waals surface area contributed by atoms with Crippen LogP contribution in [-0.2, 0) is 14.6 Å². The Balaban J connectivity index is 1.79. The van der Waals surface area contributed by atoms with Crippen LogP contribution >= 0.6 is 0 Å². The highest BCUT2D eigenvalue weighted by molar-refractivity contribution is 7.93. The molecule has 7 nitrogen and oxygen atoms in total. The van der Waals surface area contributed by atoms with E-state index in [1.165, 1.54) is 18.2 Å². The first-order valence-corrected chi connectivity index (χ1v) is 8.34. The van der Waals surface area contributed by atoms with Crippen molar-refractivity contribution in [1.29, 1.82) is 0 Å². The fraction of sp³-hybridized carbons (Fsp3) is 0.538. The molecule has 0 N–H and O–H groups in total. The number of sulfone groups is 1. The molecular formula is C13H16N2O5S. The summed E-state index contributed by atoms with van der Waals surface area (Å²) < 4.78 is 29.6. The molecule has 8 heteroatoms. The number of hydrogen-bond donors (Lipinski definition) is 0. The Labute approximate surface area is 122 Å². The predicted molar refractivity (Wildman–Crippen MR) is 73.1 cm³/mol. The van der Waals surface area contributed by atoms with E-state index < -0.39 is 20.5 Å². The average molecular weight is 312 g/mol. The summed E-state index contributed by atoms with van der Waals surface area (Å²) in [6, 6.07) is 3.21. The molecule has 0 bridgehead atoms. The van der Waals surface area contributed by atoms with Crippen molar-refractivity contribution in [2.75, 3.05) is 25.9 Å². The second kappa shape index (κ2) is 4.59. The van der Waals surface area contributed by atoms with Crippen LogP contribution in [-0.4, -0.2) is 60.8 Å². The number of hydrogen-bond acceptors (Lipinski definition) is 5. The summed E-state index contributed by atoms with van der Waals surface area (Å²) in [6.07, 6.45) is 1.90. The number of amides is 2. The lowest BCUT2D eigenvalue weighted by molar-refractivity contribution is -0.129. The van der Waals surface area contributed by atoms with Crippen LogP contribution in [0.5, 0.6) is 0 Å². The second-order valence-corrected chi connectivity index (χ2v) is 7.71. The molecule has 21 heavy (non-hydrogen) atoms. The van der Waals surface area contributed by atoms with Crippen LogP contribution in [0.25, 0.3) is 0 Å². The lowest BCUT2D eigenvalue weighted by atomic mass is 10.0. The van der Waals surface area contributed by atoms with Crippen molar-refractivity contribution in [1.82, 2.24) is 9.80 Å². The van der Waals surface area contributed by atoms with Crippen LogP contribution in [0, 0.1) is 0 Å². The van der Waals surface area contributed by atoms with Gasteiger partial charge >= 0.3 is 0 Å². The van der Waals surface area contributed by atoms with Gasteiger partial charge in [0.15, 0.2) is 15.6 Å². The quantitative estimate of drug-likeness (QED) is 0.734. The predicted octanol–water partition coefficient (Wildman–Crippen LogP) is 0.0987. The number of carbonyl (C=O) groups is 2. The molecule has 3 heterocycles. The van der Waals surface area contributed by atoms with Crippen LogP contribution in [0.3, 0.4) is 0 Å². The molecule has 2 aliphatic heterocycles. The Morgan fingerprint density at radius 2 is 2.00 bits per heavy atom. The second-order valence-electron chi connectivity index (χ2n) is 5.43. The molecule has 1 spiro atoms. The van der Waals surface area contributed by atoms with Gasteiger partial charge in [0.05, 0.1) is 6.26 Å². The maximum absolute atomic E-state index is 12.3. The minimum absolute atomic E-state index is 0.240.